The normalized spacial score (nSPS) is 21.5. The molecule has 2 N–H and O–H groups in total. The van der Waals surface area contributed by atoms with Gasteiger partial charge in [-0.3, -0.25) is 0 Å². The van der Waals surface area contributed by atoms with Gasteiger partial charge in [0.2, 0.25) is 0 Å². The molecule has 26 heavy (non-hydrogen) atoms. The lowest BCUT2D eigenvalue weighted by molar-refractivity contribution is 0.284. The molecule has 2 aliphatic rings. The van der Waals surface area contributed by atoms with Crippen LogP contribution in [-0.4, -0.2) is 25.9 Å². The van der Waals surface area contributed by atoms with Gasteiger partial charge in [0.15, 0.2) is 11.5 Å². The number of hydrogen-bond donors (Lipinski definition) is 2. The summed E-state index contributed by atoms with van der Waals surface area (Å²) in [6, 6.07) is 14.7. The third kappa shape index (κ3) is 3.40. The molecule has 2 aliphatic heterocycles. The van der Waals surface area contributed by atoms with E-state index in [1.165, 1.54) is 16.8 Å². The largest absolute Gasteiger partial charge is 0.493 e. The molecule has 5 heteroatoms. The summed E-state index contributed by atoms with van der Waals surface area (Å²) in [5.41, 5.74) is 8.14. The van der Waals surface area contributed by atoms with E-state index >= 15 is 0 Å². The fourth-order valence-electron chi connectivity index (χ4n) is 3.62. The molecule has 2 heterocycles. The predicted molar refractivity (Wildman–Crippen MR) is 103 cm³/mol. The first-order valence-corrected chi connectivity index (χ1v) is 9.13. The first-order valence-electron chi connectivity index (χ1n) is 9.13. The lowest BCUT2D eigenvalue weighted by Crippen LogP contribution is -2.38. The van der Waals surface area contributed by atoms with Crippen LogP contribution in [-0.2, 0) is 6.61 Å². The van der Waals surface area contributed by atoms with Crippen LogP contribution in [0.5, 0.6) is 11.5 Å². The van der Waals surface area contributed by atoms with Gasteiger partial charge < -0.3 is 20.2 Å². The Hall–Kier alpha value is -2.53. The molecular formula is C21H25N3O2. The van der Waals surface area contributed by atoms with E-state index in [-0.39, 0.29) is 6.04 Å². The van der Waals surface area contributed by atoms with Gasteiger partial charge in [0.25, 0.3) is 0 Å². The van der Waals surface area contributed by atoms with Gasteiger partial charge in [-0.1, -0.05) is 35.9 Å². The van der Waals surface area contributed by atoms with Crippen LogP contribution in [0.4, 0.5) is 0 Å². The topological polar surface area (TPSA) is 54.9 Å². The molecule has 0 spiro atoms. The Morgan fingerprint density at radius 3 is 2.77 bits per heavy atom. The van der Waals surface area contributed by atoms with E-state index in [2.05, 4.69) is 59.2 Å². The lowest BCUT2D eigenvalue weighted by Gasteiger charge is -2.25. The average Bonchev–Trinajstić information content (AvgIpc) is 3.11. The Morgan fingerprint density at radius 1 is 1.12 bits per heavy atom. The summed E-state index contributed by atoms with van der Waals surface area (Å²) in [7, 11) is 1.68. The number of ether oxygens (including phenoxy) is 2. The number of methoxy groups -OCH3 is 1. The van der Waals surface area contributed by atoms with E-state index < -0.39 is 0 Å². The number of nitrogens with zero attached hydrogens (tertiary/aromatic N) is 1. The molecule has 2 unspecified atom stereocenters. The Balaban J connectivity index is 1.48. The summed E-state index contributed by atoms with van der Waals surface area (Å²) >= 11 is 0. The highest BCUT2D eigenvalue weighted by Crippen LogP contribution is 2.36. The fourth-order valence-corrected chi connectivity index (χ4v) is 3.62. The highest BCUT2D eigenvalue weighted by atomic mass is 16.5. The third-order valence-electron chi connectivity index (χ3n) is 5.16. The quantitative estimate of drug-likeness (QED) is 0.869. The number of aryl methyl sites for hydroxylation is 1. The molecule has 5 nitrogen and oxygen atoms in total. The number of hydrazone groups is 1. The van der Waals surface area contributed by atoms with Crippen molar-refractivity contribution in [3.05, 3.63) is 59.2 Å². The molecule has 0 bridgehead atoms. The molecule has 0 saturated carbocycles. The van der Waals surface area contributed by atoms with Crippen molar-refractivity contribution in [3.63, 3.8) is 0 Å². The molecule has 136 valence electrons. The predicted octanol–water partition coefficient (Wildman–Crippen LogP) is 3.19. The Kier molecular flexibility index (Phi) is 4.80. The molecule has 0 radical (unpaired) electrons. The van der Waals surface area contributed by atoms with Crippen LogP contribution < -0.4 is 20.2 Å². The molecule has 2 aromatic carbocycles. The zero-order chi connectivity index (χ0) is 17.9. The number of fused-ring (bicyclic) bond motifs is 1. The second kappa shape index (κ2) is 7.38. The van der Waals surface area contributed by atoms with Gasteiger partial charge in [-0.25, -0.2) is 0 Å². The van der Waals surface area contributed by atoms with E-state index in [1.807, 2.05) is 6.07 Å². The number of benzene rings is 2. The molecule has 1 fully saturated rings. The monoisotopic (exact) mass is 351 g/mol. The number of piperidine rings is 1. The van der Waals surface area contributed by atoms with Crippen LogP contribution in [0.1, 0.15) is 29.2 Å². The Labute approximate surface area is 154 Å². The molecular weight excluding hydrogens is 326 g/mol. The molecule has 0 aromatic heterocycles. The Morgan fingerprint density at radius 2 is 1.96 bits per heavy atom. The maximum absolute atomic E-state index is 5.99. The molecule has 2 atom stereocenters. The number of nitrogens with one attached hydrogen (secondary N) is 2. The fraction of sp³-hybridized carbons (Fsp3) is 0.381. The van der Waals surface area contributed by atoms with E-state index in [0.29, 0.717) is 12.5 Å². The van der Waals surface area contributed by atoms with Crippen LogP contribution in [0.3, 0.4) is 0 Å². The van der Waals surface area contributed by atoms with Crippen molar-refractivity contribution in [2.24, 2.45) is 11.0 Å². The van der Waals surface area contributed by atoms with E-state index in [1.54, 1.807) is 7.11 Å². The van der Waals surface area contributed by atoms with Crippen molar-refractivity contribution in [3.8, 4) is 11.5 Å². The molecule has 1 saturated heterocycles. The van der Waals surface area contributed by atoms with Crippen molar-refractivity contribution in [1.29, 1.82) is 0 Å². The first kappa shape index (κ1) is 16.9. The smallest absolute Gasteiger partial charge is 0.161 e. The standard InChI is InChI=1S/C21H25N3O2/c1-14-3-5-15(6-4-14)13-26-19-8-7-16(11-20(19)25-2)21-17-12-22-10-9-18(17)23-24-21/h3-8,11,17,21-22,24H,9-10,12-13H2,1-2H3. The van der Waals surface area contributed by atoms with Crippen LogP contribution in [0.15, 0.2) is 47.6 Å². The van der Waals surface area contributed by atoms with Crippen LogP contribution in [0.2, 0.25) is 0 Å². The maximum atomic E-state index is 5.99. The van der Waals surface area contributed by atoms with Gasteiger partial charge in [-0.05, 0) is 30.2 Å². The zero-order valence-corrected chi connectivity index (χ0v) is 15.3. The molecule has 0 amide bonds. The van der Waals surface area contributed by atoms with Gasteiger partial charge in [0.1, 0.15) is 6.61 Å². The van der Waals surface area contributed by atoms with E-state index in [0.717, 1.165) is 36.6 Å². The van der Waals surface area contributed by atoms with Crippen LogP contribution >= 0.6 is 0 Å². The summed E-state index contributed by atoms with van der Waals surface area (Å²) in [5, 5.41) is 7.99. The second-order valence-corrected chi connectivity index (χ2v) is 6.96. The lowest BCUT2D eigenvalue weighted by atomic mass is 9.87. The Bertz CT molecular complexity index is 801. The minimum absolute atomic E-state index is 0.192. The summed E-state index contributed by atoms with van der Waals surface area (Å²) in [6.45, 7) is 4.58. The minimum Gasteiger partial charge on any atom is -0.493 e. The van der Waals surface area contributed by atoms with Crippen LogP contribution in [0.25, 0.3) is 0 Å². The molecule has 4 rings (SSSR count). The highest BCUT2D eigenvalue weighted by Gasteiger charge is 2.34. The summed E-state index contributed by atoms with van der Waals surface area (Å²) < 4.78 is 11.6. The summed E-state index contributed by atoms with van der Waals surface area (Å²) in [5.74, 6) is 1.93. The third-order valence-corrected chi connectivity index (χ3v) is 5.16. The summed E-state index contributed by atoms with van der Waals surface area (Å²) in [6.07, 6.45) is 1.02. The van der Waals surface area contributed by atoms with Crippen LogP contribution in [0, 0.1) is 12.8 Å². The molecule has 2 aromatic rings. The van der Waals surface area contributed by atoms with E-state index in [9.17, 15) is 0 Å². The SMILES string of the molecule is COc1cc(C2NN=C3CCNCC32)ccc1OCc1ccc(C)cc1. The van der Waals surface area contributed by atoms with Gasteiger partial charge in [-0.2, -0.15) is 5.10 Å². The maximum Gasteiger partial charge on any atom is 0.161 e. The van der Waals surface area contributed by atoms with Gasteiger partial charge in [-0.15, -0.1) is 0 Å². The van der Waals surface area contributed by atoms with Gasteiger partial charge in [0.05, 0.1) is 13.2 Å². The number of hydrogen-bond acceptors (Lipinski definition) is 5. The highest BCUT2D eigenvalue weighted by molar-refractivity contribution is 5.89. The van der Waals surface area contributed by atoms with Crippen molar-refractivity contribution >= 4 is 5.71 Å². The van der Waals surface area contributed by atoms with Gasteiger partial charge >= 0.3 is 0 Å². The zero-order valence-electron chi connectivity index (χ0n) is 15.3. The van der Waals surface area contributed by atoms with E-state index in [4.69, 9.17) is 9.47 Å². The first-order chi connectivity index (χ1) is 12.7. The van der Waals surface area contributed by atoms with Crippen molar-refractivity contribution in [1.82, 2.24) is 10.7 Å². The average molecular weight is 351 g/mol. The summed E-state index contributed by atoms with van der Waals surface area (Å²) in [4.78, 5) is 0. The minimum atomic E-state index is 0.192. The van der Waals surface area contributed by atoms with Crippen molar-refractivity contribution < 1.29 is 9.47 Å². The molecule has 0 aliphatic carbocycles. The van der Waals surface area contributed by atoms with Gasteiger partial charge in [0, 0.05) is 31.1 Å². The second-order valence-electron chi connectivity index (χ2n) is 6.96. The van der Waals surface area contributed by atoms with Crippen molar-refractivity contribution in [2.75, 3.05) is 20.2 Å². The van der Waals surface area contributed by atoms with Crippen molar-refractivity contribution in [2.45, 2.75) is 26.0 Å². The number of rotatable bonds is 5.